The van der Waals surface area contributed by atoms with Gasteiger partial charge in [0.05, 0.1) is 12.5 Å². The lowest BCUT2D eigenvalue weighted by Gasteiger charge is -2.35. The summed E-state index contributed by atoms with van der Waals surface area (Å²) in [5.74, 6) is 0.0990. The van der Waals surface area contributed by atoms with Crippen molar-refractivity contribution in [3.63, 3.8) is 0 Å². The number of nitrogens with one attached hydrogen (secondary N) is 2. The second-order valence-electron chi connectivity index (χ2n) is 13.9. The monoisotopic (exact) mass is 647 g/mol. The van der Waals surface area contributed by atoms with Crippen molar-refractivity contribution in [2.75, 3.05) is 6.54 Å². The summed E-state index contributed by atoms with van der Waals surface area (Å²) in [6.45, 7) is 11.9. The Labute approximate surface area is 283 Å². The zero-order valence-corrected chi connectivity index (χ0v) is 27.9. The molecule has 3 amide bonds. The predicted octanol–water partition coefficient (Wildman–Crippen LogP) is 4.15. The summed E-state index contributed by atoms with van der Waals surface area (Å²) in [4.78, 5) is 69.7. The Morgan fingerprint density at radius 3 is 2.23 bits per heavy atom. The molecule has 48 heavy (non-hydrogen) atoms. The standard InChI is InChI=1S/C40H45N3O5/c1-6-9-15-31(37(46)32(44)16-10-7-2)41-38(47)36-34-30(40(34,4)5)24-43(36)39(48)35(29-22-27-13-11-12-14-28(27)23-29)42-33(45)21-26-19-17-25(8-3)18-20-26/h3,6-7,11-14,17-20,29-31,34-36H,1-2,9-10,15-16,21-24H2,4-5H3,(H,41,47)(H,42,45). The first-order chi connectivity index (χ1) is 23.0. The largest absolute Gasteiger partial charge is 0.344 e. The molecule has 0 spiro atoms. The predicted molar refractivity (Wildman–Crippen MR) is 184 cm³/mol. The van der Waals surface area contributed by atoms with Gasteiger partial charge in [-0.15, -0.1) is 19.6 Å². The Hall–Kier alpha value is -4.77. The Bertz CT molecular complexity index is 1630. The van der Waals surface area contributed by atoms with Crippen LogP contribution in [0.2, 0.25) is 0 Å². The lowest BCUT2D eigenvalue weighted by Crippen LogP contribution is -2.59. The molecule has 2 aliphatic carbocycles. The molecule has 1 saturated carbocycles. The number of piperidine rings is 1. The van der Waals surface area contributed by atoms with Crippen LogP contribution < -0.4 is 10.6 Å². The van der Waals surface area contributed by atoms with Crippen LogP contribution in [0.1, 0.15) is 61.8 Å². The number of carbonyl (C=O) groups excluding carboxylic acids is 5. The van der Waals surface area contributed by atoms with E-state index >= 15 is 0 Å². The van der Waals surface area contributed by atoms with Crippen LogP contribution in [-0.4, -0.2) is 58.9 Å². The maximum absolute atomic E-state index is 14.6. The summed E-state index contributed by atoms with van der Waals surface area (Å²) < 4.78 is 0. The number of benzene rings is 2. The van der Waals surface area contributed by atoms with Gasteiger partial charge >= 0.3 is 0 Å². The van der Waals surface area contributed by atoms with Crippen molar-refractivity contribution in [3.05, 3.63) is 96.1 Å². The van der Waals surface area contributed by atoms with Crippen LogP contribution in [0.3, 0.4) is 0 Å². The van der Waals surface area contributed by atoms with E-state index in [9.17, 15) is 24.0 Å². The van der Waals surface area contributed by atoms with Gasteiger partial charge in [0, 0.05) is 18.5 Å². The van der Waals surface area contributed by atoms with E-state index in [4.69, 9.17) is 6.42 Å². The summed E-state index contributed by atoms with van der Waals surface area (Å²) in [6.07, 6.45) is 11.1. The minimum Gasteiger partial charge on any atom is -0.344 e. The number of allylic oxidation sites excluding steroid dienone is 2. The summed E-state index contributed by atoms with van der Waals surface area (Å²) in [5, 5.41) is 5.92. The highest BCUT2D eigenvalue weighted by atomic mass is 16.2. The highest BCUT2D eigenvalue weighted by Crippen LogP contribution is 2.65. The zero-order chi connectivity index (χ0) is 34.6. The van der Waals surface area contributed by atoms with Gasteiger partial charge in [-0.25, -0.2) is 0 Å². The zero-order valence-electron chi connectivity index (χ0n) is 27.9. The molecule has 2 N–H and O–H groups in total. The summed E-state index contributed by atoms with van der Waals surface area (Å²) in [7, 11) is 0. The number of hydrogen-bond donors (Lipinski definition) is 2. The van der Waals surface area contributed by atoms with E-state index in [1.807, 2.05) is 24.3 Å². The van der Waals surface area contributed by atoms with Crippen molar-refractivity contribution in [1.29, 1.82) is 0 Å². The highest BCUT2D eigenvalue weighted by Gasteiger charge is 2.69. The molecule has 3 aliphatic rings. The van der Waals surface area contributed by atoms with E-state index in [-0.39, 0.29) is 54.2 Å². The fraction of sp³-hybridized carbons (Fsp3) is 0.425. The molecule has 2 aromatic rings. The third-order valence-corrected chi connectivity index (χ3v) is 10.5. The normalized spacial score (nSPS) is 21.5. The molecule has 0 radical (unpaired) electrons. The number of nitrogens with zero attached hydrogens (tertiary/aromatic N) is 1. The molecule has 8 nitrogen and oxygen atoms in total. The van der Waals surface area contributed by atoms with Crippen LogP contribution >= 0.6 is 0 Å². The minimum absolute atomic E-state index is 0.0216. The summed E-state index contributed by atoms with van der Waals surface area (Å²) >= 11 is 0. The topological polar surface area (TPSA) is 113 Å². The van der Waals surface area contributed by atoms with E-state index in [2.05, 4.69) is 43.6 Å². The smallest absolute Gasteiger partial charge is 0.246 e. The van der Waals surface area contributed by atoms with Gasteiger partial charge in [0.15, 0.2) is 0 Å². The van der Waals surface area contributed by atoms with E-state index in [1.54, 1.807) is 41.3 Å². The quantitative estimate of drug-likeness (QED) is 0.171. The number of Topliss-reactive ketones (excluding diaryl/α,β-unsaturated/α-hetero) is 2. The van der Waals surface area contributed by atoms with Crippen LogP contribution in [0.5, 0.6) is 0 Å². The number of hydrogen-bond acceptors (Lipinski definition) is 5. The SMILES string of the molecule is C#Cc1ccc(CC(=O)NC(C(=O)N2CC3C(C2C(=O)NC(CCC=C)C(=O)C(=O)CCC=C)C3(C)C)C2Cc3ccccc3C2)cc1. The van der Waals surface area contributed by atoms with Crippen molar-refractivity contribution < 1.29 is 24.0 Å². The van der Waals surface area contributed by atoms with E-state index < -0.39 is 35.6 Å². The van der Waals surface area contributed by atoms with Crippen LogP contribution in [0, 0.1) is 35.5 Å². The summed E-state index contributed by atoms with van der Waals surface area (Å²) in [6, 6.07) is 12.5. The van der Waals surface area contributed by atoms with Gasteiger partial charge in [-0.2, -0.15) is 0 Å². The Kier molecular flexibility index (Phi) is 10.5. The van der Waals surface area contributed by atoms with Crippen molar-refractivity contribution in [2.45, 2.75) is 76.9 Å². The van der Waals surface area contributed by atoms with Gasteiger partial charge in [-0.05, 0) is 84.1 Å². The van der Waals surface area contributed by atoms with Gasteiger partial charge < -0.3 is 15.5 Å². The van der Waals surface area contributed by atoms with Crippen LogP contribution in [0.4, 0.5) is 0 Å². The Morgan fingerprint density at radius 2 is 1.62 bits per heavy atom. The second kappa shape index (κ2) is 14.6. The first-order valence-electron chi connectivity index (χ1n) is 16.8. The van der Waals surface area contributed by atoms with Gasteiger partial charge in [-0.1, -0.05) is 68.3 Å². The molecule has 1 heterocycles. The average Bonchev–Trinajstić information content (AvgIpc) is 3.44. The summed E-state index contributed by atoms with van der Waals surface area (Å²) in [5.41, 5.74) is 3.59. The first-order valence-corrected chi connectivity index (χ1v) is 16.8. The minimum atomic E-state index is -1.02. The number of fused-ring (bicyclic) bond motifs is 2. The maximum Gasteiger partial charge on any atom is 0.246 e. The molecule has 8 heteroatoms. The number of terminal acetylenes is 1. The molecule has 5 atom stereocenters. The van der Waals surface area contributed by atoms with Crippen LogP contribution in [-0.2, 0) is 43.2 Å². The third kappa shape index (κ3) is 7.21. The highest BCUT2D eigenvalue weighted by molar-refractivity contribution is 6.39. The number of ketones is 2. The van der Waals surface area contributed by atoms with E-state index in [0.717, 1.165) is 16.7 Å². The molecule has 0 aromatic heterocycles. The molecule has 0 bridgehead atoms. The number of rotatable bonds is 15. The lowest BCUT2D eigenvalue weighted by molar-refractivity contribution is -0.145. The van der Waals surface area contributed by atoms with E-state index in [1.165, 1.54) is 0 Å². The van der Waals surface area contributed by atoms with Gasteiger partial charge in [0.25, 0.3) is 0 Å². The molecule has 250 valence electrons. The van der Waals surface area contributed by atoms with Crippen molar-refractivity contribution in [2.24, 2.45) is 23.2 Å². The lowest BCUT2D eigenvalue weighted by atomic mass is 9.92. The first kappa shape index (κ1) is 34.6. The molecular weight excluding hydrogens is 602 g/mol. The fourth-order valence-corrected chi connectivity index (χ4v) is 7.69. The van der Waals surface area contributed by atoms with Gasteiger partial charge in [0.2, 0.25) is 29.3 Å². The third-order valence-electron chi connectivity index (χ3n) is 10.5. The fourth-order valence-electron chi connectivity index (χ4n) is 7.69. The van der Waals surface area contributed by atoms with Crippen molar-refractivity contribution >= 4 is 29.3 Å². The van der Waals surface area contributed by atoms with Crippen LogP contribution in [0.25, 0.3) is 0 Å². The number of amides is 3. The van der Waals surface area contributed by atoms with Crippen molar-refractivity contribution in [3.8, 4) is 12.3 Å². The van der Waals surface area contributed by atoms with Crippen LogP contribution in [0.15, 0.2) is 73.8 Å². The molecule has 5 rings (SSSR count). The number of likely N-dealkylation sites (tertiary alicyclic amines) is 1. The second-order valence-corrected chi connectivity index (χ2v) is 13.9. The van der Waals surface area contributed by atoms with Gasteiger partial charge in [-0.3, -0.25) is 24.0 Å². The molecule has 1 saturated heterocycles. The molecule has 2 fully saturated rings. The number of carbonyl (C=O) groups is 5. The average molecular weight is 648 g/mol. The maximum atomic E-state index is 14.6. The molecular formula is C40H45N3O5. The van der Waals surface area contributed by atoms with E-state index in [0.29, 0.717) is 37.8 Å². The molecule has 1 aliphatic heterocycles. The van der Waals surface area contributed by atoms with Gasteiger partial charge in [0.1, 0.15) is 12.1 Å². The molecule has 2 aromatic carbocycles. The Morgan fingerprint density at radius 1 is 0.979 bits per heavy atom. The Balaban J connectivity index is 1.39. The molecule has 5 unspecified atom stereocenters. The van der Waals surface area contributed by atoms with Crippen molar-refractivity contribution in [1.82, 2.24) is 15.5 Å².